The molecule has 0 unspecified atom stereocenters. The van der Waals surface area contributed by atoms with Crippen molar-refractivity contribution in [2.45, 2.75) is 24.8 Å². The van der Waals surface area contributed by atoms with Gasteiger partial charge in [-0.2, -0.15) is 4.31 Å². The second kappa shape index (κ2) is 6.64. The van der Waals surface area contributed by atoms with Crippen molar-refractivity contribution >= 4 is 31.9 Å². The molecule has 0 bridgehead atoms. The highest BCUT2D eigenvalue weighted by Gasteiger charge is 2.29. The van der Waals surface area contributed by atoms with Crippen LogP contribution in [-0.4, -0.2) is 38.4 Å². The van der Waals surface area contributed by atoms with Crippen molar-refractivity contribution in [3.63, 3.8) is 0 Å². The van der Waals surface area contributed by atoms with Crippen LogP contribution in [0.3, 0.4) is 0 Å². The third-order valence-electron chi connectivity index (χ3n) is 2.59. The number of ether oxygens (including phenoxy) is 1. The van der Waals surface area contributed by atoms with Crippen LogP contribution in [0.2, 0.25) is 0 Å². The van der Waals surface area contributed by atoms with Gasteiger partial charge in [0, 0.05) is 6.04 Å². The summed E-state index contributed by atoms with van der Waals surface area (Å²) in [6, 6.07) is 3.02. The normalized spacial score (nSPS) is 11.9. The van der Waals surface area contributed by atoms with E-state index in [-0.39, 0.29) is 9.37 Å². The zero-order chi connectivity index (χ0) is 15.5. The lowest BCUT2D eigenvalue weighted by molar-refractivity contribution is -0.141. The quantitative estimate of drug-likeness (QED) is 0.748. The van der Waals surface area contributed by atoms with Crippen LogP contribution in [0.1, 0.15) is 13.8 Å². The summed E-state index contributed by atoms with van der Waals surface area (Å²) < 4.78 is 43.9. The van der Waals surface area contributed by atoms with Gasteiger partial charge in [0.15, 0.2) is 0 Å². The zero-order valence-corrected chi connectivity index (χ0v) is 13.7. The molecular weight excluding hydrogens is 353 g/mol. The van der Waals surface area contributed by atoms with E-state index in [1.165, 1.54) is 19.2 Å². The minimum Gasteiger partial charge on any atom is -0.468 e. The summed E-state index contributed by atoms with van der Waals surface area (Å²) in [5, 5.41) is 0. The number of hydrogen-bond acceptors (Lipinski definition) is 4. The largest absolute Gasteiger partial charge is 0.468 e. The number of nitrogens with zero attached hydrogens (tertiary/aromatic N) is 1. The Morgan fingerprint density at radius 1 is 1.45 bits per heavy atom. The summed E-state index contributed by atoms with van der Waals surface area (Å²) in [4.78, 5) is 11.1. The number of carbonyl (C=O) groups excluding carboxylic acids is 1. The van der Waals surface area contributed by atoms with Gasteiger partial charge in [0.25, 0.3) is 0 Å². The van der Waals surface area contributed by atoms with Crippen LogP contribution in [0, 0.1) is 5.82 Å². The Balaban J connectivity index is 3.22. The number of halogens is 2. The lowest BCUT2D eigenvalue weighted by Gasteiger charge is -2.24. The van der Waals surface area contributed by atoms with Gasteiger partial charge >= 0.3 is 5.97 Å². The number of carbonyl (C=O) groups is 1. The van der Waals surface area contributed by atoms with Crippen molar-refractivity contribution in [1.29, 1.82) is 0 Å². The summed E-state index contributed by atoms with van der Waals surface area (Å²) in [6.45, 7) is 2.82. The molecule has 0 amide bonds. The van der Waals surface area contributed by atoms with Crippen LogP contribution in [0.4, 0.5) is 4.39 Å². The first kappa shape index (κ1) is 17.1. The van der Waals surface area contributed by atoms with Crippen molar-refractivity contribution in [3.05, 3.63) is 28.5 Å². The molecule has 20 heavy (non-hydrogen) atoms. The van der Waals surface area contributed by atoms with Gasteiger partial charge in [-0.3, -0.25) is 4.79 Å². The van der Waals surface area contributed by atoms with Crippen LogP contribution in [0.5, 0.6) is 0 Å². The molecule has 0 radical (unpaired) electrons. The highest BCUT2D eigenvalue weighted by atomic mass is 79.9. The molecule has 1 aromatic carbocycles. The topological polar surface area (TPSA) is 63.7 Å². The molecule has 0 saturated carbocycles. The van der Waals surface area contributed by atoms with E-state index in [0.717, 1.165) is 10.4 Å². The molecule has 0 spiro atoms. The van der Waals surface area contributed by atoms with Crippen LogP contribution < -0.4 is 0 Å². The smallest absolute Gasteiger partial charge is 0.321 e. The first-order chi connectivity index (χ1) is 9.20. The molecule has 0 aliphatic carbocycles. The molecule has 1 aromatic rings. The molecule has 5 nitrogen and oxygen atoms in total. The van der Waals surface area contributed by atoms with Gasteiger partial charge in [-0.1, -0.05) is 0 Å². The van der Waals surface area contributed by atoms with Gasteiger partial charge in [0.05, 0.1) is 16.5 Å². The van der Waals surface area contributed by atoms with Gasteiger partial charge < -0.3 is 4.74 Å². The van der Waals surface area contributed by atoms with E-state index >= 15 is 0 Å². The van der Waals surface area contributed by atoms with Crippen LogP contribution in [0.25, 0.3) is 0 Å². The summed E-state index contributed by atoms with van der Waals surface area (Å²) in [6.07, 6.45) is 0. The van der Waals surface area contributed by atoms with Crippen molar-refractivity contribution in [3.8, 4) is 0 Å². The number of methoxy groups -OCH3 is 1. The van der Waals surface area contributed by atoms with Gasteiger partial charge in [0.2, 0.25) is 10.0 Å². The maximum Gasteiger partial charge on any atom is 0.321 e. The minimum absolute atomic E-state index is 0.167. The highest BCUT2D eigenvalue weighted by Crippen LogP contribution is 2.23. The fourth-order valence-corrected chi connectivity index (χ4v) is 3.35. The van der Waals surface area contributed by atoms with E-state index < -0.39 is 34.4 Å². The fraction of sp³-hybridized carbons (Fsp3) is 0.417. The zero-order valence-electron chi connectivity index (χ0n) is 11.3. The molecule has 0 aromatic heterocycles. The first-order valence-corrected chi connectivity index (χ1v) is 7.97. The number of hydrogen-bond donors (Lipinski definition) is 0. The van der Waals surface area contributed by atoms with E-state index in [1.807, 2.05) is 0 Å². The number of rotatable bonds is 5. The molecular formula is C12H15BrFNO4S. The van der Waals surface area contributed by atoms with Crippen molar-refractivity contribution in [2.75, 3.05) is 13.7 Å². The Hall–Kier alpha value is -0.990. The van der Waals surface area contributed by atoms with E-state index in [1.54, 1.807) is 13.8 Å². The maximum absolute atomic E-state index is 13.5. The maximum atomic E-state index is 13.5. The van der Waals surface area contributed by atoms with Gasteiger partial charge in [-0.25, -0.2) is 12.8 Å². The van der Waals surface area contributed by atoms with E-state index in [9.17, 15) is 17.6 Å². The SMILES string of the molecule is COC(=O)CN(C(C)C)S(=O)(=O)c1ccc(Br)c(F)c1. The molecule has 0 aliphatic rings. The third kappa shape index (κ3) is 3.77. The van der Waals surface area contributed by atoms with Gasteiger partial charge in [0.1, 0.15) is 12.4 Å². The lowest BCUT2D eigenvalue weighted by Crippen LogP contribution is -2.41. The molecule has 112 valence electrons. The molecule has 1 rings (SSSR count). The average molecular weight is 368 g/mol. The van der Waals surface area contributed by atoms with Crippen LogP contribution in [-0.2, 0) is 19.6 Å². The molecule has 0 N–H and O–H groups in total. The number of sulfonamides is 1. The molecule has 0 saturated heterocycles. The highest BCUT2D eigenvalue weighted by molar-refractivity contribution is 9.10. The first-order valence-electron chi connectivity index (χ1n) is 5.74. The standard InChI is InChI=1S/C12H15BrFNO4S/c1-8(2)15(7-12(16)19-3)20(17,18)9-4-5-10(13)11(14)6-9/h4-6,8H,7H2,1-3H3. The summed E-state index contributed by atoms with van der Waals surface area (Å²) in [5.41, 5.74) is 0. The Morgan fingerprint density at radius 2 is 2.05 bits per heavy atom. The predicted octanol–water partition coefficient (Wildman–Crippen LogP) is 2.16. The van der Waals surface area contributed by atoms with E-state index in [4.69, 9.17) is 0 Å². The third-order valence-corrected chi connectivity index (χ3v) is 5.25. The van der Waals surface area contributed by atoms with Crippen LogP contribution >= 0.6 is 15.9 Å². The summed E-state index contributed by atoms with van der Waals surface area (Å²) in [5.74, 6) is -1.37. The monoisotopic (exact) mass is 367 g/mol. The summed E-state index contributed by atoms with van der Waals surface area (Å²) in [7, 11) is -2.80. The second-order valence-corrected chi connectivity index (χ2v) is 7.04. The fourth-order valence-electron chi connectivity index (χ4n) is 1.51. The van der Waals surface area contributed by atoms with E-state index in [2.05, 4.69) is 20.7 Å². The van der Waals surface area contributed by atoms with Crippen LogP contribution in [0.15, 0.2) is 27.6 Å². The predicted molar refractivity (Wildman–Crippen MR) is 75.1 cm³/mol. The Bertz CT molecular complexity index is 603. The molecule has 0 aliphatic heterocycles. The average Bonchev–Trinajstić information content (AvgIpc) is 2.37. The minimum atomic E-state index is -3.97. The molecule has 0 heterocycles. The molecule has 0 fully saturated rings. The molecule has 8 heteroatoms. The van der Waals surface area contributed by atoms with Gasteiger partial charge in [-0.05, 0) is 48.0 Å². The Labute approximate surface area is 125 Å². The lowest BCUT2D eigenvalue weighted by atomic mass is 10.3. The Kier molecular flexibility index (Phi) is 5.67. The van der Waals surface area contributed by atoms with Crippen molar-refractivity contribution < 1.29 is 22.3 Å². The van der Waals surface area contributed by atoms with Crippen molar-refractivity contribution in [2.24, 2.45) is 0 Å². The molecule has 0 atom stereocenters. The number of esters is 1. The number of benzene rings is 1. The second-order valence-electron chi connectivity index (χ2n) is 4.30. The van der Waals surface area contributed by atoms with Gasteiger partial charge in [-0.15, -0.1) is 0 Å². The Morgan fingerprint density at radius 3 is 2.50 bits per heavy atom. The van der Waals surface area contributed by atoms with E-state index in [0.29, 0.717) is 0 Å². The van der Waals surface area contributed by atoms with Crippen molar-refractivity contribution in [1.82, 2.24) is 4.31 Å². The summed E-state index contributed by atoms with van der Waals surface area (Å²) >= 11 is 2.96.